The van der Waals surface area contributed by atoms with Crippen LogP contribution in [0.5, 0.6) is 0 Å². The van der Waals surface area contributed by atoms with Crippen molar-refractivity contribution < 1.29 is 8.83 Å². The first-order valence-corrected chi connectivity index (χ1v) is 33.1. The van der Waals surface area contributed by atoms with Crippen LogP contribution in [0.15, 0.2) is 185 Å². The van der Waals surface area contributed by atoms with Gasteiger partial charge in [0.1, 0.15) is 22.2 Å². The van der Waals surface area contributed by atoms with Crippen LogP contribution in [0, 0.1) is 0 Å². The maximum atomic E-state index is 7.20. The molecule has 0 aliphatic carbocycles. The molecule has 360 valence electrons. The Kier molecular flexibility index (Phi) is 10.2. The van der Waals surface area contributed by atoms with E-state index in [0.717, 1.165) is 116 Å². The Balaban J connectivity index is 1.21. The Bertz CT molecular complexity index is 3990. The van der Waals surface area contributed by atoms with E-state index >= 15 is 0 Å². The molecule has 0 amide bonds. The summed E-state index contributed by atoms with van der Waals surface area (Å²) in [6, 6.07) is 65.9. The summed E-state index contributed by atoms with van der Waals surface area (Å²) in [6.07, 6.45) is 0. The molecule has 0 saturated carbocycles. The number of benzene rings is 9. The molecular weight excluding hydrogens is 923 g/mol. The van der Waals surface area contributed by atoms with Gasteiger partial charge in [-0.15, -0.1) is 0 Å². The van der Waals surface area contributed by atoms with E-state index in [4.69, 9.17) is 8.83 Å². The Hall–Kier alpha value is -7.59. The first kappa shape index (κ1) is 45.3. The normalized spacial score (nSPS) is 12.8. The highest BCUT2D eigenvalue weighted by Gasteiger charge is 2.32. The molecule has 5 nitrogen and oxygen atoms in total. The number of hydrogen-bond acceptors (Lipinski definition) is 4. The molecule has 0 unspecified atom stereocenters. The Morgan fingerprint density at radius 3 is 1.07 bits per heavy atom. The Morgan fingerprint density at radius 2 is 0.712 bits per heavy atom. The second-order valence-electron chi connectivity index (χ2n) is 23.0. The van der Waals surface area contributed by atoms with Crippen LogP contribution < -0.4 is 20.2 Å². The van der Waals surface area contributed by atoms with Crippen LogP contribution in [0.25, 0.3) is 82.0 Å². The third-order valence-electron chi connectivity index (χ3n) is 15.6. The molecule has 0 fully saturated rings. The minimum absolute atomic E-state index is 0.410. The number of rotatable bonds is 10. The summed E-state index contributed by atoms with van der Waals surface area (Å²) in [7, 11) is -3.18. The van der Waals surface area contributed by atoms with Gasteiger partial charge in [0.2, 0.25) is 0 Å². The summed E-state index contributed by atoms with van der Waals surface area (Å²) in [6.45, 7) is 23.6. The summed E-state index contributed by atoms with van der Waals surface area (Å²) in [4.78, 5) is 4.97. The quantitative estimate of drug-likeness (QED) is 0.128. The summed E-state index contributed by atoms with van der Waals surface area (Å²) in [5.74, 6) is 0.820. The fourth-order valence-electron chi connectivity index (χ4n) is 11.6. The van der Waals surface area contributed by atoms with Crippen LogP contribution in [0.4, 0.5) is 34.1 Å². The van der Waals surface area contributed by atoms with Crippen LogP contribution in [-0.4, -0.2) is 20.5 Å². The van der Waals surface area contributed by atoms with E-state index < -0.39 is 16.1 Å². The summed E-state index contributed by atoms with van der Waals surface area (Å²) in [5.41, 5.74) is 15.9. The standard InChI is InChI=1S/C66H61N3O2Si2/c1-40(2)42-22-26-44(27-23-42)67(46-30-34-48(35-31-46)72(5,6)7)56-38-54-50-16-11-13-20-58(50)70-65(54)63-60(56)52-18-15-19-53-61-57(39-55-51-17-12-14-21-59(51)71-66(55)64(61)69(63)62(52)53)68(45-28-24-43(25-29-45)41(3)4)47-32-36-49(37-33-47)73(8,9)10/h11-41H,1-10H3. The van der Waals surface area contributed by atoms with Crippen molar-refractivity contribution >= 4 is 143 Å². The number of hydrogen-bond donors (Lipinski definition) is 0. The fourth-order valence-corrected chi connectivity index (χ4v) is 13.9. The van der Waals surface area contributed by atoms with Crippen molar-refractivity contribution in [2.45, 2.75) is 78.8 Å². The van der Waals surface area contributed by atoms with Crippen molar-refractivity contribution in [3.05, 3.63) is 187 Å². The highest BCUT2D eigenvalue weighted by Crippen LogP contribution is 2.54. The number of furan rings is 2. The lowest BCUT2D eigenvalue weighted by molar-refractivity contribution is 0.670. The van der Waals surface area contributed by atoms with Crippen molar-refractivity contribution in [3.63, 3.8) is 0 Å². The van der Waals surface area contributed by atoms with E-state index in [1.807, 2.05) is 0 Å². The topological polar surface area (TPSA) is 37.2 Å². The largest absolute Gasteiger partial charge is 0.454 e. The minimum Gasteiger partial charge on any atom is -0.454 e. The monoisotopic (exact) mass is 983 g/mol. The summed E-state index contributed by atoms with van der Waals surface area (Å²) < 4.78 is 16.9. The Labute approximate surface area is 429 Å². The molecular formula is C66H61N3O2Si2. The van der Waals surface area contributed by atoms with Gasteiger partial charge in [0.25, 0.3) is 0 Å². The summed E-state index contributed by atoms with van der Waals surface area (Å²) in [5, 5.41) is 11.8. The van der Waals surface area contributed by atoms with Gasteiger partial charge in [0.15, 0.2) is 11.2 Å². The van der Waals surface area contributed by atoms with Crippen LogP contribution >= 0.6 is 0 Å². The van der Waals surface area contributed by atoms with Crippen LogP contribution in [0.3, 0.4) is 0 Å². The van der Waals surface area contributed by atoms with Gasteiger partial charge >= 0.3 is 0 Å². The zero-order chi connectivity index (χ0) is 50.2. The minimum atomic E-state index is -1.59. The third-order valence-corrected chi connectivity index (χ3v) is 19.7. The molecule has 4 heterocycles. The highest BCUT2D eigenvalue weighted by atomic mass is 28.3. The fraction of sp³-hybridized carbons (Fsp3) is 0.182. The van der Waals surface area contributed by atoms with E-state index in [1.54, 1.807) is 0 Å². The van der Waals surface area contributed by atoms with Crippen molar-refractivity contribution in [2.75, 3.05) is 9.80 Å². The van der Waals surface area contributed by atoms with Gasteiger partial charge in [-0.25, -0.2) is 0 Å². The lowest BCUT2D eigenvalue weighted by Gasteiger charge is -2.28. The van der Waals surface area contributed by atoms with Gasteiger partial charge < -0.3 is 23.0 Å². The molecule has 0 atom stereocenters. The van der Waals surface area contributed by atoms with Gasteiger partial charge in [0.05, 0.1) is 33.0 Å². The molecule has 0 saturated heterocycles. The first-order valence-electron chi connectivity index (χ1n) is 26.1. The average Bonchev–Trinajstić information content (AvgIpc) is 4.17. The Morgan fingerprint density at radius 1 is 0.370 bits per heavy atom. The number of para-hydroxylation sites is 3. The molecule has 4 aromatic heterocycles. The second-order valence-corrected chi connectivity index (χ2v) is 33.1. The van der Waals surface area contributed by atoms with Crippen LogP contribution in [0.2, 0.25) is 39.3 Å². The SMILES string of the molecule is CC(C)c1ccc(N(c2ccc([Si](C)(C)C)cc2)c2cc3c4ccccc4oc3c3c2c2cccc4c5c(N(c6ccc(C(C)C)cc6)c6ccc([Si](C)(C)C)cc6)cc6c7ccccc7oc6c5n3c24)cc1. The second kappa shape index (κ2) is 16.5. The lowest BCUT2D eigenvalue weighted by atomic mass is 9.99. The number of nitrogens with zero attached hydrogens (tertiary/aromatic N) is 3. The highest BCUT2D eigenvalue weighted by molar-refractivity contribution is 6.89. The molecule has 7 heteroatoms. The number of aromatic nitrogens is 1. The van der Waals surface area contributed by atoms with Gasteiger partial charge in [-0.1, -0.05) is 180 Å². The van der Waals surface area contributed by atoms with E-state index in [0.29, 0.717) is 11.8 Å². The third kappa shape index (κ3) is 7.07. The zero-order valence-corrected chi connectivity index (χ0v) is 45.6. The molecule has 0 bridgehead atoms. The zero-order valence-electron chi connectivity index (χ0n) is 43.6. The lowest BCUT2D eigenvalue weighted by Crippen LogP contribution is -2.37. The van der Waals surface area contributed by atoms with Gasteiger partial charge in [-0.05, 0) is 95.8 Å². The van der Waals surface area contributed by atoms with E-state index in [1.165, 1.54) is 21.5 Å². The van der Waals surface area contributed by atoms with Crippen molar-refractivity contribution in [1.29, 1.82) is 0 Å². The molecule has 13 rings (SSSR count). The van der Waals surface area contributed by atoms with E-state index in [-0.39, 0.29) is 0 Å². The maximum absolute atomic E-state index is 7.20. The first-order chi connectivity index (χ1) is 35.1. The van der Waals surface area contributed by atoms with Gasteiger partial charge in [0, 0.05) is 65.8 Å². The maximum Gasteiger partial charge on any atom is 0.160 e. The van der Waals surface area contributed by atoms with Crippen LogP contribution in [-0.2, 0) is 0 Å². The molecule has 0 spiro atoms. The van der Waals surface area contributed by atoms with Crippen molar-refractivity contribution in [3.8, 4) is 0 Å². The predicted octanol–water partition coefficient (Wildman–Crippen LogP) is 18.9. The average molecular weight is 984 g/mol. The summed E-state index contributed by atoms with van der Waals surface area (Å²) >= 11 is 0. The van der Waals surface area contributed by atoms with E-state index in [9.17, 15) is 0 Å². The molecule has 9 aromatic carbocycles. The molecule has 13 aromatic rings. The van der Waals surface area contributed by atoms with Gasteiger partial charge in [-0.2, -0.15) is 0 Å². The molecule has 73 heavy (non-hydrogen) atoms. The van der Waals surface area contributed by atoms with E-state index in [2.05, 4.69) is 257 Å². The van der Waals surface area contributed by atoms with Crippen molar-refractivity contribution in [2.24, 2.45) is 0 Å². The smallest absolute Gasteiger partial charge is 0.160 e. The van der Waals surface area contributed by atoms with Crippen LogP contribution in [0.1, 0.15) is 50.7 Å². The molecule has 0 N–H and O–H groups in total. The van der Waals surface area contributed by atoms with Crippen molar-refractivity contribution in [1.82, 2.24) is 4.40 Å². The predicted molar refractivity (Wildman–Crippen MR) is 319 cm³/mol. The molecule has 0 aliphatic rings. The molecule has 0 aliphatic heterocycles. The van der Waals surface area contributed by atoms with Gasteiger partial charge in [-0.3, -0.25) is 0 Å². The number of anilines is 6. The number of fused-ring (bicyclic) bond motifs is 14. The molecule has 0 radical (unpaired) electrons.